The molecule has 0 N–H and O–H groups in total. The summed E-state index contributed by atoms with van der Waals surface area (Å²) in [6.07, 6.45) is 0. The minimum absolute atomic E-state index is 0.00478. The van der Waals surface area contributed by atoms with Gasteiger partial charge in [-0.3, -0.25) is 10.1 Å². The van der Waals surface area contributed by atoms with Gasteiger partial charge in [0.05, 0.1) is 15.2 Å². The molecule has 0 amide bonds. The summed E-state index contributed by atoms with van der Waals surface area (Å²) < 4.78 is 27.4. The maximum atomic E-state index is 12.9. The first kappa shape index (κ1) is 16.9. The fraction of sp³-hybridized carbons (Fsp3) is 0.250. The molecule has 0 spiro atoms. The normalized spacial score (nSPS) is 18.6. The van der Waals surface area contributed by atoms with Crippen molar-refractivity contribution in [3.63, 3.8) is 0 Å². The fourth-order valence-corrected chi connectivity index (χ4v) is 5.98. The Bertz CT molecular complexity index is 866. The standard InChI is InChI=1S/C16H16N2O4S2/c1-12-3-2-4-15(11-12)24(21,22)17-9-10-23-16(17)13-5-7-14(8-6-13)18(19)20/h2-8,11,16H,9-10H2,1H3. The highest BCUT2D eigenvalue weighted by molar-refractivity contribution is 8.01. The number of hydrogen-bond donors (Lipinski definition) is 0. The molecule has 8 heteroatoms. The zero-order valence-corrected chi connectivity index (χ0v) is 14.6. The molecule has 0 aromatic heterocycles. The first-order valence-electron chi connectivity index (χ1n) is 7.34. The Morgan fingerprint density at radius 3 is 2.54 bits per heavy atom. The van der Waals surface area contributed by atoms with E-state index in [0.717, 1.165) is 11.1 Å². The molecule has 0 aliphatic carbocycles. The number of rotatable bonds is 4. The third-order valence-corrected chi connectivity index (χ3v) is 7.09. The van der Waals surface area contributed by atoms with Crippen molar-refractivity contribution in [1.29, 1.82) is 0 Å². The molecule has 1 atom stereocenters. The highest BCUT2D eigenvalue weighted by Crippen LogP contribution is 2.41. The van der Waals surface area contributed by atoms with Gasteiger partial charge in [-0.15, -0.1) is 11.8 Å². The summed E-state index contributed by atoms with van der Waals surface area (Å²) in [5.41, 5.74) is 1.63. The number of benzene rings is 2. The number of sulfonamides is 1. The Kier molecular flexibility index (Phi) is 4.62. The number of non-ortho nitro benzene ring substituents is 1. The molecular weight excluding hydrogens is 348 g/mol. The smallest absolute Gasteiger partial charge is 0.258 e. The minimum atomic E-state index is -3.61. The van der Waals surface area contributed by atoms with Gasteiger partial charge in [0.15, 0.2) is 0 Å². The SMILES string of the molecule is Cc1cccc(S(=O)(=O)N2CCSC2c2ccc([N+](=O)[O-])cc2)c1. The monoisotopic (exact) mass is 364 g/mol. The van der Waals surface area contributed by atoms with Gasteiger partial charge in [-0.2, -0.15) is 4.31 Å². The Balaban J connectivity index is 1.94. The molecule has 1 heterocycles. The molecule has 1 fully saturated rings. The van der Waals surface area contributed by atoms with Crippen LogP contribution in [-0.4, -0.2) is 29.9 Å². The molecule has 6 nitrogen and oxygen atoms in total. The maximum absolute atomic E-state index is 12.9. The van der Waals surface area contributed by atoms with E-state index in [1.807, 2.05) is 13.0 Å². The van der Waals surface area contributed by atoms with Crippen LogP contribution in [0.25, 0.3) is 0 Å². The summed E-state index contributed by atoms with van der Waals surface area (Å²) in [6, 6.07) is 12.9. The summed E-state index contributed by atoms with van der Waals surface area (Å²) in [5.74, 6) is 0.687. The molecule has 1 aliphatic heterocycles. The molecule has 1 saturated heterocycles. The van der Waals surface area contributed by atoms with Crippen LogP contribution >= 0.6 is 11.8 Å². The van der Waals surface area contributed by atoms with Gasteiger partial charge in [0.1, 0.15) is 0 Å². The molecule has 0 bridgehead atoms. The van der Waals surface area contributed by atoms with E-state index in [4.69, 9.17) is 0 Å². The van der Waals surface area contributed by atoms with Crippen molar-refractivity contribution < 1.29 is 13.3 Å². The lowest BCUT2D eigenvalue weighted by Gasteiger charge is -2.23. The van der Waals surface area contributed by atoms with Gasteiger partial charge < -0.3 is 0 Å². The van der Waals surface area contributed by atoms with Crippen molar-refractivity contribution in [3.8, 4) is 0 Å². The lowest BCUT2D eigenvalue weighted by atomic mass is 10.2. The van der Waals surface area contributed by atoms with Gasteiger partial charge in [-0.25, -0.2) is 8.42 Å². The number of nitrogens with zero attached hydrogens (tertiary/aromatic N) is 2. The average Bonchev–Trinajstić information content (AvgIpc) is 3.05. The van der Waals surface area contributed by atoms with Gasteiger partial charge in [0, 0.05) is 24.4 Å². The second kappa shape index (κ2) is 6.54. The van der Waals surface area contributed by atoms with Crippen LogP contribution in [0.4, 0.5) is 5.69 Å². The third kappa shape index (κ3) is 3.17. The predicted molar refractivity (Wildman–Crippen MR) is 93.4 cm³/mol. The largest absolute Gasteiger partial charge is 0.269 e. The number of aryl methyl sites for hydroxylation is 1. The van der Waals surface area contributed by atoms with Crippen LogP contribution in [-0.2, 0) is 10.0 Å². The highest BCUT2D eigenvalue weighted by atomic mass is 32.2. The van der Waals surface area contributed by atoms with E-state index in [9.17, 15) is 18.5 Å². The second-order valence-electron chi connectivity index (χ2n) is 5.50. The quantitative estimate of drug-likeness (QED) is 0.614. The molecule has 0 saturated carbocycles. The van der Waals surface area contributed by atoms with E-state index in [1.165, 1.54) is 28.2 Å². The van der Waals surface area contributed by atoms with Crippen molar-refractivity contribution in [3.05, 3.63) is 69.8 Å². The maximum Gasteiger partial charge on any atom is 0.269 e. The molecule has 1 aliphatic rings. The lowest BCUT2D eigenvalue weighted by molar-refractivity contribution is -0.384. The zero-order valence-electron chi connectivity index (χ0n) is 13.0. The molecule has 2 aromatic rings. The Morgan fingerprint density at radius 2 is 1.92 bits per heavy atom. The van der Waals surface area contributed by atoms with Gasteiger partial charge in [0.2, 0.25) is 10.0 Å². The molecule has 2 aromatic carbocycles. The van der Waals surface area contributed by atoms with E-state index in [-0.39, 0.29) is 16.0 Å². The first-order chi connectivity index (χ1) is 11.4. The predicted octanol–water partition coefficient (Wildman–Crippen LogP) is 3.34. The second-order valence-corrected chi connectivity index (χ2v) is 8.58. The number of nitro benzene ring substituents is 1. The third-order valence-electron chi connectivity index (χ3n) is 3.83. The van der Waals surface area contributed by atoms with Crippen molar-refractivity contribution in [2.75, 3.05) is 12.3 Å². The van der Waals surface area contributed by atoms with E-state index in [2.05, 4.69) is 0 Å². The fourth-order valence-electron chi connectivity index (χ4n) is 2.64. The van der Waals surface area contributed by atoms with Gasteiger partial charge >= 0.3 is 0 Å². The van der Waals surface area contributed by atoms with Gasteiger partial charge in [-0.1, -0.05) is 12.1 Å². The average molecular weight is 364 g/mol. The van der Waals surface area contributed by atoms with Crippen molar-refractivity contribution in [2.45, 2.75) is 17.2 Å². The first-order valence-corrected chi connectivity index (χ1v) is 9.83. The van der Waals surface area contributed by atoms with Crippen LogP contribution < -0.4 is 0 Å². The molecule has 3 rings (SSSR count). The number of hydrogen-bond acceptors (Lipinski definition) is 5. The van der Waals surface area contributed by atoms with E-state index in [0.29, 0.717) is 12.3 Å². The summed E-state index contributed by atoms with van der Waals surface area (Å²) in [4.78, 5) is 10.6. The highest BCUT2D eigenvalue weighted by Gasteiger charge is 2.36. The lowest BCUT2D eigenvalue weighted by Crippen LogP contribution is -2.30. The Morgan fingerprint density at radius 1 is 1.21 bits per heavy atom. The summed E-state index contributed by atoms with van der Waals surface area (Å²) in [7, 11) is -3.61. The molecule has 24 heavy (non-hydrogen) atoms. The number of thioether (sulfide) groups is 1. The van der Waals surface area contributed by atoms with Crippen LogP contribution in [0.3, 0.4) is 0 Å². The molecular formula is C16H16N2O4S2. The van der Waals surface area contributed by atoms with Crippen LogP contribution in [0.1, 0.15) is 16.5 Å². The van der Waals surface area contributed by atoms with Crippen LogP contribution in [0.15, 0.2) is 53.4 Å². The van der Waals surface area contributed by atoms with Crippen LogP contribution in [0.5, 0.6) is 0 Å². The summed E-state index contributed by atoms with van der Waals surface area (Å²) in [5, 5.41) is 10.4. The van der Waals surface area contributed by atoms with E-state index < -0.39 is 14.9 Å². The van der Waals surface area contributed by atoms with Gasteiger partial charge in [-0.05, 0) is 42.3 Å². The number of nitro groups is 1. The summed E-state index contributed by atoms with van der Waals surface area (Å²) in [6.45, 7) is 2.27. The van der Waals surface area contributed by atoms with Crippen molar-refractivity contribution in [2.24, 2.45) is 0 Å². The summed E-state index contributed by atoms with van der Waals surface area (Å²) >= 11 is 1.52. The minimum Gasteiger partial charge on any atom is -0.258 e. The van der Waals surface area contributed by atoms with Crippen molar-refractivity contribution in [1.82, 2.24) is 4.31 Å². The molecule has 126 valence electrons. The molecule has 1 unspecified atom stereocenters. The van der Waals surface area contributed by atoms with E-state index in [1.54, 1.807) is 30.3 Å². The zero-order chi connectivity index (χ0) is 17.3. The van der Waals surface area contributed by atoms with Crippen molar-refractivity contribution >= 4 is 27.5 Å². The Hall–Kier alpha value is -1.90. The van der Waals surface area contributed by atoms with Gasteiger partial charge in [0.25, 0.3) is 5.69 Å². The topological polar surface area (TPSA) is 80.5 Å². The van der Waals surface area contributed by atoms with Crippen LogP contribution in [0.2, 0.25) is 0 Å². The van der Waals surface area contributed by atoms with Crippen LogP contribution in [0, 0.1) is 17.0 Å². The Labute approximate surface area is 144 Å². The molecule has 0 radical (unpaired) electrons. The van der Waals surface area contributed by atoms with E-state index >= 15 is 0 Å².